The minimum Gasteiger partial charge on any atom is -0.475 e. The largest absolute Gasteiger partial charge is 0.475 e. The van der Waals surface area contributed by atoms with Crippen molar-refractivity contribution < 1.29 is 9.47 Å². The lowest BCUT2D eigenvalue weighted by atomic mass is 10.2. The predicted octanol–water partition coefficient (Wildman–Crippen LogP) is 5.02. The second-order valence-electron chi connectivity index (χ2n) is 9.86. The molecule has 0 bridgehead atoms. The molecule has 11 heteroatoms. The van der Waals surface area contributed by atoms with Crippen LogP contribution in [0.5, 0.6) is 11.8 Å². The van der Waals surface area contributed by atoms with Crippen LogP contribution in [0.1, 0.15) is 49.2 Å². The van der Waals surface area contributed by atoms with Crippen LogP contribution in [0, 0.1) is 33.1 Å². The molecule has 5 heterocycles. The van der Waals surface area contributed by atoms with Gasteiger partial charge in [0, 0.05) is 11.4 Å². The molecule has 0 fully saturated rings. The second kappa shape index (κ2) is 10.8. The maximum Gasteiger partial charge on any atom is 0.260 e. The van der Waals surface area contributed by atoms with Gasteiger partial charge in [0.25, 0.3) is 11.8 Å². The number of aliphatic imine (C=N–C) groups is 2. The predicted molar refractivity (Wildman–Crippen MR) is 158 cm³/mol. The highest BCUT2D eigenvalue weighted by atomic mass is 16.5. The van der Waals surface area contributed by atoms with Crippen molar-refractivity contribution in [3.63, 3.8) is 0 Å². The van der Waals surface area contributed by atoms with Crippen molar-refractivity contribution in [3.8, 4) is 11.8 Å². The van der Waals surface area contributed by atoms with Crippen LogP contribution in [0.25, 0.3) is 11.0 Å². The number of hydrogen-bond donors (Lipinski definition) is 3. The monoisotopic (exact) mass is 541 g/mol. The number of nitrogens with one attached hydrogen (secondary N) is 2. The molecule has 11 nitrogen and oxygen atoms in total. The van der Waals surface area contributed by atoms with Crippen molar-refractivity contribution in [2.45, 2.75) is 54.4 Å². The van der Waals surface area contributed by atoms with Gasteiger partial charge >= 0.3 is 0 Å². The van der Waals surface area contributed by atoms with Crippen molar-refractivity contribution in [2.24, 2.45) is 15.7 Å². The first kappa shape index (κ1) is 26.9. The number of nitrogens with zero attached hydrogens (tertiary/aromatic N) is 6. The first-order valence-corrected chi connectivity index (χ1v) is 13.5. The molecule has 4 aromatic heterocycles. The zero-order valence-corrected chi connectivity index (χ0v) is 23.8. The zero-order chi connectivity index (χ0) is 28.6. The van der Waals surface area contributed by atoms with E-state index in [9.17, 15) is 0 Å². The maximum absolute atomic E-state index is 8.61. The Kier molecular flexibility index (Phi) is 7.29. The molecular formula is C29H35N9O2. The highest BCUT2D eigenvalue weighted by Crippen LogP contribution is 2.35. The van der Waals surface area contributed by atoms with E-state index in [1.807, 2.05) is 74.8 Å². The van der Waals surface area contributed by atoms with E-state index in [1.165, 1.54) is 6.08 Å². The molecule has 0 unspecified atom stereocenters. The summed E-state index contributed by atoms with van der Waals surface area (Å²) in [6.45, 7) is 13.2. The lowest BCUT2D eigenvalue weighted by Crippen LogP contribution is -2.42. The third kappa shape index (κ3) is 4.78. The average molecular weight is 542 g/mol. The molecule has 0 atom stereocenters. The second-order valence-corrected chi connectivity index (χ2v) is 9.86. The third-order valence-electron chi connectivity index (χ3n) is 6.89. The van der Waals surface area contributed by atoms with E-state index >= 15 is 0 Å². The van der Waals surface area contributed by atoms with Gasteiger partial charge in [-0.3, -0.25) is 5.41 Å². The van der Waals surface area contributed by atoms with Crippen LogP contribution in [0.3, 0.4) is 0 Å². The van der Waals surface area contributed by atoms with Crippen molar-refractivity contribution in [2.75, 3.05) is 13.2 Å². The standard InChI is InChI=1S/C29H35N9O2/c1-7-13-39-28-24(22-11-9-16(3)18(5)37(22)35-28)32-26-20(30)15-21(31)27(34-26)33-25-23-12-10-17(4)19(6)38(23)36-29(25)40-14-8-2/h9-12,15,30H,7-8,13-14,31H2,1-6H3,(H,32,33,34). The molecule has 0 spiro atoms. The Balaban J connectivity index is 1.63. The Bertz CT molecular complexity index is 1720. The van der Waals surface area contributed by atoms with Gasteiger partial charge in [0.2, 0.25) is 0 Å². The van der Waals surface area contributed by atoms with Gasteiger partial charge in [-0.15, -0.1) is 10.2 Å². The molecule has 1 aliphatic heterocycles. The maximum atomic E-state index is 8.61. The Morgan fingerprint density at radius 1 is 0.800 bits per heavy atom. The van der Waals surface area contributed by atoms with Crippen LogP contribution in [-0.2, 0) is 0 Å². The van der Waals surface area contributed by atoms with Gasteiger partial charge in [0.1, 0.15) is 0 Å². The minimum absolute atomic E-state index is 0.120. The number of hydrogen-bond acceptors (Lipinski definition) is 8. The molecule has 1 aliphatic rings. The molecule has 0 aromatic carbocycles. The summed E-state index contributed by atoms with van der Waals surface area (Å²) in [6, 6.07) is 7.98. The molecule has 0 saturated heterocycles. The number of amidine groups is 2. The third-order valence-corrected chi connectivity index (χ3v) is 6.89. The minimum atomic E-state index is 0.120. The van der Waals surface area contributed by atoms with Crippen LogP contribution in [0.4, 0.5) is 11.4 Å². The Morgan fingerprint density at radius 3 is 1.75 bits per heavy atom. The summed E-state index contributed by atoms with van der Waals surface area (Å²) >= 11 is 0. The van der Waals surface area contributed by atoms with Gasteiger partial charge in [0.15, 0.2) is 23.0 Å². The van der Waals surface area contributed by atoms with Gasteiger partial charge in [0.05, 0.1) is 35.7 Å². The smallest absolute Gasteiger partial charge is 0.260 e. The van der Waals surface area contributed by atoms with Crippen LogP contribution < -0.4 is 20.5 Å². The van der Waals surface area contributed by atoms with E-state index in [1.54, 1.807) is 0 Å². The van der Waals surface area contributed by atoms with Crippen LogP contribution in [0.15, 0.2) is 46.0 Å². The number of ether oxygens (including phenoxy) is 2. The normalized spacial score (nSPS) is 15.8. The van der Waals surface area contributed by atoms with E-state index in [0.717, 1.165) is 46.4 Å². The van der Waals surface area contributed by atoms with Gasteiger partial charge < -0.3 is 20.5 Å². The van der Waals surface area contributed by atoms with Crippen molar-refractivity contribution in [1.29, 1.82) is 5.41 Å². The van der Waals surface area contributed by atoms with Crippen LogP contribution >= 0.6 is 0 Å². The van der Waals surface area contributed by atoms with E-state index in [-0.39, 0.29) is 11.5 Å². The molecule has 0 amide bonds. The Hall–Kier alpha value is -4.67. The van der Waals surface area contributed by atoms with E-state index in [4.69, 9.17) is 30.6 Å². The summed E-state index contributed by atoms with van der Waals surface area (Å²) in [6.07, 6.45) is 3.19. The molecule has 40 heavy (non-hydrogen) atoms. The SMILES string of the molecule is CCCOc1nn2c(C)c(C)ccc2c1N=C1NC(=Nc2c(OCCC)nn3c(C)c(C)ccc23)C(N)=CC1=N. The van der Waals surface area contributed by atoms with Crippen molar-refractivity contribution >= 4 is 39.8 Å². The molecule has 0 saturated carbocycles. The molecular weight excluding hydrogens is 506 g/mol. The first-order chi connectivity index (χ1) is 19.2. The topological polar surface area (TPSA) is 140 Å². The van der Waals surface area contributed by atoms with Crippen molar-refractivity contribution in [3.05, 3.63) is 58.6 Å². The van der Waals surface area contributed by atoms with E-state index < -0.39 is 0 Å². The Labute approximate surface area is 232 Å². The molecule has 208 valence electrons. The van der Waals surface area contributed by atoms with E-state index in [0.29, 0.717) is 47.9 Å². The first-order valence-electron chi connectivity index (χ1n) is 13.5. The van der Waals surface area contributed by atoms with Gasteiger partial charge in [-0.25, -0.2) is 19.0 Å². The molecule has 0 aliphatic carbocycles. The summed E-state index contributed by atoms with van der Waals surface area (Å²) in [5, 5.41) is 21.1. The highest BCUT2D eigenvalue weighted by molar-refractivity contribution is 6.50. The molecule has 4 N–H and O–H groups in total. The van der Waals surface area contributed by atoms with Gasteiger partial charge in [-0.1, -0.05) is 26.0 Å². The van der Waals surface area contributed by atoms with Crippen LogP contribution in [-0.4, -0.2) is 49.8 Å². The summed E-state index contributed by atoms with van der Waals surface area (Å²) in [4.78, 5) is 9.68. The van der Waals surface area contributed by atoms with Crippen molar-refractivity contribution in [1.82, 2.24) is 24.5 Å². The lowest BCUT2D eigenvalue weighted by Gasteiger charge is -2.18. The summed E-state index contributed by atoms with van der Waals surface area (Å²) in [5.74, 6) is 1.45. The van der Waals surface area contributed by atoms with E-state index in [2.05, 4.69) is 15.5 Å². The highest BCUT2D eigenvalue weighted by Gasteiger charge is 2.24. The number of pyridine rings is 2. The van der Waals surface area contributed by atoms with Gasteiger partial charge in [-0.05, 0) is 69.9 Å². The molecule has 5 rings (SSSR count). The Morgan fingerprint density at radius 2 is 1.27 bits per heavy atom. The number of aromatic nitrogens is 4. The fourth-order valence-corrected chi connectivity index (χ4v) is 4.35. The summed E-state index contributed by atoms with van der Waals surface area (Å²) < 4.78 is 15.6. The number of aryl methyl sites for hydroxylation is 4. The molecule has 0 radical (unpaired) electrons. The fourth-order valence-electron chi connectivity index (χ4n) is 4.35. The summed E-state index contributed by atoms with van der Waals surface area (Å²) in [7, 11) is 0. The van der Waals surface area contributed by atoms with Gasteiger partial charge in [-0.2, -0.15) is 0 Å². The van der Waals surface area contributed by atoms with Crippen LogP contribution in [0.2, 0.25) is 0 Å². The number of nitrogens with two attached hydrogens (primary N) is 1. The molecule has 4 aromatic rings. The summed E-state index contributed by atoms with van der Waals surface area (Å²) in [5.41, 5.74) is 13.6. The number of fused-ring (bicyclic) bond motifs is 2. The quantitative estimate of drug-likeness (QED) is 0.286. The zero-order valence-electron chi connectivity index (χ0n) is 23.8. The fraction of sp³-hybridized carbons (Fsp3) is 0.345. The average Bonchev–Trinajstić information content (AvgIpc) is 3.46. The lowest BCUT2D eigenvalue weighted by molar-refractivity contribution is 0.304. The number of rotatable bonds is 8.